The van der Waals surface area contributed by atoms with Gasteiger partial charge in [-0.15, -0.1) is 0 Å². The summed E-state index contributed by atoms with van der Waals surface area (Å²) in [7, 11) is 0. The molecule has 0 saturated carbocycles. The van der Waals surface area contributed by atoms with E-state index in [1.807, 2.05) is 0 Å². The fourth-order valence-corrected chi connectivity index (χ4v) is 10.9. The van der Waals surface area contributed by atoms with Gasteiger partial charge in [0.05, 0.1) is 16.8 Å². The zero-order chi connectivity index (χ0) is 42.9. The Balaban J connectivity index is 1.08. The second-order valence-electron chi connectivity index (χ2n) is 17.1. The van der Waals surface area contributed by atoms with Crippen molar-refractivity contribution in [2.24, 2.45) is 0 Å². The van der Waals surface area contributed by atoms with Crippen LogP contribution in [0.5, 0.6) is 0 Å². The molecule has 0 radical (unpaired) electrons. The molecule has 1 aromatic heterocycles. The molecule has 0 saturated heterocycles. The van der Waals surface area contributed by atoms with Crippen LogP contribution in [0.15, 0.2) is 253 Å². The second kappa shape index (κ2) is 14.8. The fourth-order valence-electron chi connectivity index (χ4n) is 10.9. The van der Waals surface area contributed by atoms with E-state index in [0.717, 1.165) is 55.5 Å². The van der Waals surface area contributed by atoms with Gasteiger partial charge in [-0.3, -0.25) is 0 Å². The third-order valence-electron chi connectivity index (χ3n) is 13.7. The molecule has 0 unspecified atom stereocenters. The molecule has 0 atom stereocenters. The van der Waals surface area contributed by atoms with Gasteiger partial charge in [-0.25, -0.2) is 0 Å². The highest BCUT2D eigenvalue weighted by Crippen LogP contribution is 2.60. The standard InChI is InChI=1S/C63H41NO/c1-3-20-47(21-4-1)63(48-22-5-2-6-23-48)55-28-13-11-26-53(55)61-56(63)29-16-31-58(61)64(49-38-35-43(36-39-49)46-34-33-42-17-7-8-19-45(42)41-46)57-30-14-12-25-51(57)52-27-15-32-59-60(52)54-40-37-44-18-9-10-24-50(44)62(54)65-59/h1-41H. The lowest BCUT2D eigenvalue weighted by molar-refractivity contribution is 0.673. The highest BCUT2D eigenvalue weighted by atomic mass is 16.3. The molecule has 2 heteroatoms. The van der Waals surface area contributed by atoms with Gasteiger partial charge in [-0.2, -0.15) is 0 Å². The Morgan fingerprint density at radius 3 is 1.74 bits per heavy atom. The second-order valence-corrected chi connectivity index (χ2v) is 17.1. The third-order valence-corrected chi connectivity index (χ3v) is 13.7. The Bertz CT molecular complexity index is 3730. The first-order valence-corrected chi connectivity index (χ1v) is 22.4. The largest absolute Gasteiger partial charge is 0.455 e. The number of hydrogen-bond acceptors (Lipinski definition) is 2. The number of anilines is 3. The van der Waals surface area contributed by atoms with Gasteiger partial charge in [0.25, 0.3) is 0 Å². The van der Waals surface area contributed by atoms with Gasteiger partial charge in [0.1, 0.15) is 11.2 Å². The summed E-state index contributed by atoms with van der Waals surface area (Å²) in [6, 6.07) is 90.9. The Kier molecular flexibility index (Phi) is 8.47. The van der Waals surface area contributed by atoms with Crippen LogP contribution >= 0.6 is 0 Å². The number of rotatable bonds is 7. The van der Waals surface area contributed by atoms with E-state index in [9.17, 15) is 0 Å². The first kappa shape index (κ1) is 37.1. The van der Waals surface area contributed by atoms with Gasteiger partial charge in [-0.05, 0) is 103 Å². The van der Waals surface area contributed by atoms with Crippen molar-refractivity contribution >= 4 is 60.5 Å². The molecule has 304 valence electrons. The average Bonchev–Trinajstić information content (AvgIpc) is 3.92. The van der Waals surface area contributed by atoms with Gasteiger partial charge >= 0.3 is 0 Å². The van der Waals surface area contributed by atoms with E-state index in [2.05, 4.69) is 254 Å². The highest BCUT2D eigenvalue weighted by Gasteiger charge is 2.47. The summed E-state index contributed by atoms with van der Waals surface area (Å²) in [6.07, 6.45) is 0. The van der Waals surface area contributed by atoms with Crippen molar-refractivity contribution in [2.75, 3.05) is 4.90 Å². The number of nitrogens with zero attached hydrogens (tertiary/aromatic N) is 1. The normalized spacial score (nSPS) is 12.7. The smallest absolute Gasteiger partial charge is 0.143 e. The summed E-state index contributed by atoms with van der Waals surface area (Å²) in [5.41, 5.74) is 16.6. The monoisotopic (exact) mass is 827 g/mol. The predicted octanol–water partition coefficient (Wildman–Crippen LogP) is 17.1. The molecule has 65 heavy (non-hydrogen) atoms. The summed E-state index contributed by atoms with van der Waals surface area (Å²) >= 11 is 0. The molecule has 2 nitrogen and oxygen atoms in total. The minimum atomic E-state index is -0.542. The van der Waals surface area contributed by atoms with Crippen LogP contribution in [0.3, 0.4) is 0 Å². The summed E-state index contributed by atoms with van der Waals surface area (Å²) in [5.74, 6) is 0. The topological polar surface area (TPSA) is 16.4 Å². The Hall–Kier alpha value is -8.46. The summed E-state index contributed by atoms with van der Waals surface area (Å²) in [6.45, 7) is 0. The van der Waals surface area contributed by atoms with Gasteiger partial charge < -0.3 is 9.32 Å². The van der Waals surface area contributed by atoms with E-state index in [-0.39, 0.29) is 0 Å². The lowest BCUT2D eigenvalue weighted by Crippen LogP contribution is -2.28. The minimum Gasteiger partial charge on any atom is -0.455 e. The molecule has 11 aromatic carbocycles. The molecular weight excluding hydrogens is 787 g/mol. The van der Waals surface area contributed by atoms with Gasteiger partial charge in [0.15, 0.2) is 0 Å². The SMILES string of the molecule is c1ccc(C2(c3ccccc3)c3ccccc3-c3c(N(c4ccc(-c5ccc6ccccc6c5)cc4)c4ccccc4-c4cccc5oc6c7ccccc7ccc6c45)cccc32)cc1. The van der Waals surface area contributed by atoms with Crippen molar-refractivity contribution in [2.45, 2.75) is 5.41 Å². The van der Waals surface area contributed by atoms with E-state index in [0.29, 0.717) is 0 Å². The zero-order valence-electron chi connectivity index (χ0n) is 35.5. The number of para-hydroxylation sites is 1. The van der Waals surface area contributed by atoms with Crippen molar-refractivity contribution in [1.82, 2.24) is 0 Å². The summed E-state index contributed by atoms with van der Waals surface area (Å²) in [4.78, 5) is 2.50. The maximum Gasteiger partial charge on any atom is 0.143 e. The van der Waals surface area contributed by atoms with E-state index in [1.54, 1.807) is 0 Å². The Morgan fingerprint density at radius 2 is 0.938 bits per heavy atom. The van der Waals surface area contributed by atoms with Crippen molar-refractivity contribution in [3.05, 3.63) is 271 Å². The molecule has 0 spiro atoms. The molecule has 0 aliphatic heterocycles. The number of hydrogen-bond donors (Lipinski definition) is 0. The van der Waals surface area contributed by atoms with E-state index in [4.69, 9.17) is 4.42 Å². The molecule has 0 fully saturated rings. The average molecular weight is 828 g/mol. The molecule has 0 N–H and O–H groups in total. The number of furan rings is 1. The van der Waals surface area contributed by atoms with Crippen LogP contribution in [-0.4, -0.2) is 0 Å². The number of benzene rings is 11. The molecule has 1 aliphatic carbocycles. The summed E-state index contributed by atoms with van der Waals surface area (Å²) in [5, 5.41) is 6.98. The van der Waals surface area contributed by atoms with Crippen LogP contribution in [0.4, 0.5) is 17.1 Å². The van der Waals surface area contributed by atoms with Gasteiger partial charge in [0.2, 0.25) is 0 Å². The highest BCUT2D eigenvalue weighted by molar-refractivity contribution is 6.20. The molecular formula is C63H41NO. The van der Waals surface area contributed by atoms with Crippen molar-refractivity contribution < 1.29 is 4.42 Å². The van der Waals surface area contributed by atoms with E-state index in [1.165, 1.54) is 60.7 Å². The minimum absolute atomic E-state index is 0.542. The first-order valence-electron chi connectivity index (χ1n) is 22.4. The lowest BCUT2D eigenvalue weighted by Gasteiger charge is -2.34. The van der Waals surface area contributed by atoms with Crippen LogP contribution in [0.2, 0.25) is 0 Å². The van der Waals surface area contributed by atoms with Crippen LogP contribution in [-0.2, 0) is 5.41 Å². The van der Waals surface area contributed by atoms with Gasteiger partial charge in [-0.1, -0.05) is 206 Å². The van der Waals surface area contributed by atoms with Crippen LogP contribution < -0.4 is 4.90 Å². The third kappa shape index (κ3) is 5.67. The van der Waals surface area contributed by atoms with E-state index >= 15 is 0 Å². The first-order chi connectivity index (χ1) is 32.3. The molecule has 0 bridgehead atoms. The molecule has 12 aromatic rings. The van der Waals surface area contributed by atoms with Crippen molar-refractivity contribution in [1.29, 1.82) is 0 Å². The lowest BCUT2D eigenvalue weighted by atomic mass is 9.68. The predicted molar refractivity (Wildman–Crippen MR) is 272 cm³/mol. The Morgan fingerprint density at radius 1 is 0.354 bits per heavy atom. The molecule has 1 heterocycles. The summed E-state index contributed by atoms with van der Waals surface area (Å²) < 4.78 is 6.77. The number of fused-ring (bicyclic) bond motifs is 9. The van der Waals surface area contributed by atoms with Gasteiger partial charge in [0, 0.05) is 33.0 Å². The fraction of sp³-hybridized carbons (Fsp3) is 0.0159. The van der Waals surface area contributed by atoms with E-state index < -0.39 is 5.41 Å². The van der Waals surface area contributed by atoms with Crippen LogP contribution in [0, 0.1) is 0 Å². The van der Waals surface area contributed by atoms with Crippen LogP contribution in [0.25, 0.3) is 76.9 Å². The van der Waals surface area contributed by atoms with Crippen LogP contribution in [0.1, 0.15) is 22.3 Å². The maximum absolute atomic E-state index is 6.77. The zero-order valence-corrected chi connectivity index (χ0v) is 35.5. The van der Waals surface area contributed by atoms with Crippen molar-refractivity contribution in [3.8, 4) is 33.4 Å². The quantitative estimate of drug-likeness (QED) is 0.159. The van der Waals surface area contributed by atoms with Crippen molar-refractivity contribution in [3.63, 3.8) is 0 Å². The molecule has 0 amide bonds. The molecule has 1 aliphatic rings. The molecule has 13 rings (SSSR count). The Labute approximate surface area is 377 Å². The maximum atomic E-state index is 6.77.